The van der Waals surface area contributed by atoms with Gasteiger partial charge in [0.1, 0.15) is 5.01 Å². The summed E-state index contributed by atoms with van der Waals surface area (Å²) < 4.78 is 0. The highest BCUT2D eigenvalue weighted by Gasteiger charge is 2.24. The fraction of sp³-hybridized carbons (Fsp3) is 0.278. The largest absolute Gasteiger partial charge is 0.300 e. The van der Waals surface area contributed by atoms with Gasteiger partial charge in [0.2, 0.25) is 11.0 Å². The average molecular weight is 390 g/mol. The Hall–Kier alpha value is -1.70. The monoisotopic (exact) mass is 389 g/mol. The zero-order valence-electron chi connectivity index (χ0n) is 14.0. The van der Waals surface area contributed by atoms with E-state index >= 15 is 0 Å². The average Bonchev–Trinajstić information content (AvgIpc) is 3.27. The number of nitrogens with zero attached hydrogens (tertiary/aromatic N) is 2. The first kappa shape index (κ1) is 18.1. The number of hydrogen-bond donors (Lipinski definition) is 1. The van der Waals surface area contributed by atoms with Crippen LogP contribution in [0.3, 0.4) is 0 Å². The molecular formula is C18H19N3OS3. The Kier molecular flexibility index (Phi) is 6.23. The Bertz CT molecular complexity index is 800. The maximum atomic E-state index is 12.7. The second kappa shape index (κ2) is 8.60. The fourth-order valence-electron chi connectivity index (χ4n) is 2.28. The molecule has 0 saturated heterocycles. The predicted molar refractivity (Wildman–Crippen MR) is 108 cm³/mol. The van der Waals surface area contributed by atoms with Crippen molar-refractivity contribution in [2.45, 2.75) is 24.9 Å². The Morgan fingerprint density at radius 2 is 2.00 bits per heavy atom. The number of thioether (sulfide) groups is 1. The lowest BCUT2D eigenvalue weighted by molar-refractivity contribution is -0.116. The normalized spacial score (nSPS) is 12.3. The van der Waals surface area contributed by atoms with Crippen molar-refractivity contribution in [1.82, 2.24) is 10.2 Å². The van der Waals surface area contributed by atoms with Crippen LogP contribution in [0.25, 0.3) is 10.6 Å². The molecular weight excluding hydrogens is 370 g/mol. The highest BCUT2D eigenvalue weighted by molar-refractivity contribution is 7.99. The minimum atomic E-state index is -0.131. The molecule has 1 unspecified atom stereocenters. The van der Waals surface area contributed by atoms with Gasteiger partial charge in [-0.15, -0.1) is 22.0 Å². The van der Waals surface area contributed by atoms with Crippen LogP contribution in [0.4, 0.5) is 5.13 Å². The van der Waals surface area contributed by atoms with Crippen LogP contribution in [0.5, 0.6) is 0 Å². The number of nitrogens with one attached hydrogen (secondary N) is 1. The topological polar surface area (TPSA) is 54.9 Å². The first-order chi connectivity index (χ1) is 12.1. The van der Waals surface area contributed by atoms with Crippen molar-refractivity contribution >= 4 is 45.5 Å². The summed E-state index contributed by atoms with van der Waals surface area (Å²) in [5.74, 6) is 1.04. The summed E-state index contributed by atoms with van der Waals surface area (Å²) in [5.41, 5.74) is 2.27. The maximum Gasteiger partial charge on any atom is 0.239 e. The molecule has 0 saturated carbocycles. The Morgan fingerprint density at radius 1 is 1.20 bits per heavy atom. The van der Waals surface area contributed by atoms with E-state index in [-0.39, 0.29) is 17.1 Å². The molecule has 2 heterocycles. The quantitative estimate of drug-likeness (QED) is 0.606. The predicted octanol–water partition coefficient (Wildman–Crippen LogP) is 5.16. The number of amides is 1. The van der Waals surface area contributed by atoms with E-state index in [0.29, 0.717) is 5.13 Å². The molecule has 0 radical (unpaired) electrons. The van der Waals surface area contributed by atoms with E-state index in [9.17, 15) is 4.79 Å². The maximum absolute atomic E-state index is 12.7. The molecule has 0 spiro atoms. The molecule has 3 aromatic rings. The van der Waals surface area contributed by atoms with Gasteiger partial charge in [-0.2, -0.15) is 11.3 Å². The standard InChI is InChI=1S/C18H19N3OS3/c1-12(2)15(24-10-13-6-4-3-5-7-13)16(22)19-18-21-20-17(25-18)14-8-9-23-11-14/h3-9,11-12,15H,10H2,1-2H3,(H,19,21,22). The zero-order chi connectivity index (χ0) is 17.6. The number of benzene rings is 1. The molecule has 0 aliphatic carbocycles. The van der Waals surface area contributed by atoms with E-state index < -0.39 is 0 Å². The van der Waals surface area contributed by atoms with Gasteiger partial charge in [0.05, 0.1) is 5.25 Å². The van der Waals surface area contributed by atoms with Crippen molar-refractivity contribution < 1.29 is 4.79 Å². The van der Waals surface area contributed by atoms with Gasteiger partial charge >= 0.3 is 0 Å². The van der Waals surface area contributed by atoms with E-state index in [0.717, 1.165) is 16.3 Å². The summed E-state index contributed by atoms with van der Waals surface area (Å²) >= 11 is 4.69. The molecule has 7 heteroatoms. The van der Waals surface area contributed by atoms with Gasteiger partial charge in [0.25, 0.3) is 0 Å². The summed E-state index contributed by atoms with van der Waals surface area (Å²) in [5, 5.41) is 16.5. The highest BCUT2D eigenvalue weighted by Crippen LogP contribution is 2.29. The van der Waals surface area contributed by atoms with Gasteiger partial charge in [0.15, 0.2) is 0 Å². The third-order valence-corrected chi connectivity index (χ3v) is 6.75. The summed E-state index contributed by atoms with van der Waals surface area (Å²) in [7, 11) is 0. The lowest BCUT2D eigenvalue weighted by Gasteiger charge is -2.19. The molecule has 0 aliphatic rings. The van der Waals surface area contributed by atoms with E-state index in [1.807, 2.05) is 35.0 Å². The Morgan fingerprint density at radius 3 is 2.68 bits per heavy atom. The third kappa shape index (κ3) is 4.90. The van der Waals surface area contributed by atoms with Crippen LogP contribution in [0.15, 0.2) is 47.2 Å². The van der Waals surface area contributed by atoms with Crippen LogP contribution >= 0.6 is 34.4 Å². The Labute approximate surface area is 159 Å². The molecule has 3 rings (SSSR count). The zero-order valence-corrected chi connectivity index (χ0v) is 16.5. The van der Waals surface area contributed by atoms with Crippen molar-refractivity contribution in [1.29, 1.82) is 0 Å². The molecule has 1 N–H and O–H groups in total. The summed E-state index contributed by atoms with van der Waals surface area (Å²) in [6.07, 6.45) is 0. The van der Waals surface area contributed by atoms with E-state index in [1.54, 1.807) is 23.1 Å². The molecule has 0 bridgehead atoms. The minimum Gasteiger partial charge on any atom is -0.300 e. The number of rotatable bonds is 7. The van der Waals surface area contributed by atoms with Crippen LogP contribution in [0, 0.1) is 5.92 Å². The van der Waals surface area contributed by atoms with Gasteiger partial charge in [-0.3, -0.25) is 10.1 Å². The molecule has 1 atom stereocenters. The molecule has 1 amide bonds. The molecule has 25 heavy (non-hydrogen) atoms. The summed E-state index contributed by atoms with van der Waals surface area (Å²) in [6.45, 7) is 4.14. The van der Waals surface area contributed by atoms with Gasteiger partial charge in [-0.1, -0.05) is 55.5 Å². The molecule has 1 aromatic carbocycles. The number of carbonyl (C=O) groups excluding carboxylic acids is 1. The van der Waals surface area contributed by atoms with Gasteiger partial charge in [-0.25, -0.2) is 0 Å². The number of hydrogen-bond acceptors (Lipinski definition) is 6. The molecule has 2 aromatic heterocycles. The molecule has 4 nitrogen and oxygen atoms in total. The van der Waals surface area contributed by atoms with Crippen LogP contribution in [0.1, 0.15) is 19.4 Å². The van der Waals surface area contributed by atoms with Crippen molar-refractivity contribution in [3.8, 4) is 10.6 Å². The first-order valence-electron chi connectivity index (χ1n) is 7.96. The first-order valence-corrected chi connectivity index (χ1v) is 10.8. The van der Waals surface area contributed by atoms with Crippen LogP contribution in [-0.4, -0.2) is 21.4 Å². The third-order valence-electron chi connectivity index (χ3n) is 3.56. The van der Waals surface area contributed by atoms with Crippen LogP contribution < -0.4 is 5.32 Å². The molecule has 0 aliphatic heterocycles. The number of thiophene rings is 1. The highest BCUT2D eigenvalue weighted by atomic mass is 32.2. The van der Waals surface area contributed by atoms with E-state index in [2.05, 4.69) is 41.5 Å². The SMILES string of the molecule is CC(C)C(SCc1ccccc1)C(=O)Nc1nnc(-c2ccsc2)s1. The van der Waals surface area contributed by atoms with Crippen molar-refractivity contribution in [3.63, 3.8) is 0 Å². The lowest BCUT2D eigenvalue weighted by Crippen LogP contribution is -2.29. The molecule has 130 valence electrons. The van der Waals surface area contributed by atoms with Crippen LogP contribution in [0.2, 0.25) is 0 Å². The second-order valence-corrected chi connectivity index (χ2v) is 8.76. The van der Waals surface area contributed by atoms with Crippen LogP contribution in [-0.2, 0) is 10.5 Å². The van der Waals surface area contributed by atoms with Crippen molar-refractivity contribution in [2.24, 2.45) is 5.92 Å². The number of carbonyl (C=O) groups is 1. The number of anilines is 1. The van der Waals surface area contributed by atoms with Crippen molar-refractivity contribution in [3.05, 3.63) is 52.7 Å². The summed E-state index contributed by atoms with van der Waals surface area (Å²) in [4.78, 5) is 12.7. The fourth-order valence-corrected chi connectivity index (χ4v) is 4.90. The lowest BCUT2D eigenvalue weighted by atomic mass is 10.1. The smallest absolute Gasteiger partial charge is 0.239 e. The van der Waals surface area contributed by atoms with Crippen molar-refractivity contribution in [2.75, 3.05) is 5.32 Å². The second-order valence-electron chi connectivity index (χ2n) is 5.87. The Balaban J connectivity index is 1.63. The van der Waals surface area contributed by atoms with Gasteiger partial charge in [-0.05, 0) is 22.9 Å². The molecule has 0 fully saturated rings. The van der Waals surface area contributed by atoms with Gasteiger partial charge < -0.3 is 0 Å². The van der Waals surface area contributed by atoms with Gasteiger partial charge in [0, 0.05) is 16.7 Å². The van der Waals surface area contributed by atoms with E-state index in [1.165, 1.54) is 16.9 Å². The minimum absolute atomic E-state index is 0.0102. The van der Waals surface area contributed by atoms with E-state index in [4.69, 9.17) is 0 Å². The number of aromatic nitrogens is 2. The summed E-state index contributed by atoms with van der Waals surface area (Å²) in [6, 6.07) is 12.2.